The second kappa shape index (κ2) is 7.45. The summed E-state index contributed by atoms with van der Waals surface area (Å²) in [5.41, 5.74) is 5.59. The highest BCUT2D eigenvalue weighted by molar-refractivity contribution is 6.34. The molecule has 0 radical (unpaired) electrons. The van der Waals surface area contributed by atoms with E-state index in [4.69, 9.17) is 16.3 Å². The van der Waals surface area contributed by atoms with Crippen LogP contribution in [0.15, 0.2) is 42.6 Å². The zero-order valence-electron chi connectivity index (χ0n) is 15.3. The zero-order valence-corrected chi connectivity index (χ0v) is 16.0. The maximum absolute atomic E-state index is 6.61. The molecule has 3 rings (SSSR count). The number of pyridine rings is 1. The lowest BCUT2D eigenvalue weighted by Gasteiger charge is -2.13. The minimum absolute atomic E-state index is 0.628. The van der Waals surface area contributed by atoms with Gasteiger partial charge < -0.3 is 4.74 Å². The second-order valence-corrected chi connectivity index (χ2v) is 7.40. The average Bonchev–Trinajstić information content (AvgIpc) is 2.55. The smallest absolute Gasteiger partial charge is 0.138 e. The number of rotatable bonds is 5. The van der Waals surface area contributed by atoms with Crippen molar-refractivity contribution >= 4 is 22.5 Å². The van der Waals surface area contributed by atoms with Crippen LogP contribution < -0.4 is 4.74 Å². The Morgan fingerprint density at radius 1 is 1.08 bits per heavy atom. The minimum atomic E-state index is 0.628. The van der Waals surface area contributed by atoms with Gasteiger partial charge in [-0.3, -0.25) is 4.98 Å². The molecule has 3 aromatic rings. The van der Waals surface area contributed by atoms with E-state index in [9.17, 15) is 0 Å². The van der Waals surface area contributed by atoms with Crippen LogP contribution >= 0.6 is 11.6 Å². The molecule has 1 aromatic heterocycles. The van der Waals surface area contributed by atoms with Gasteiger partial charge in [-0.25, -0.2) is 0 Å². The van der Waals surface area contributed by atoms with Gasteiger partial charge in [-0.15, -0.1) is 0 Å². The van der Waals surface area contributed by atoms with Crippen molar-refractivity contribution < 1.29 is 4.74 Å². The molecule has 1 heterocycles. The standard InChI is InChI=1S/C22H24ClNO/c1-14(2)8-9-25-18-10-17-11-20(23)19(12-21(17)24-13-18)22-15(3)6-5-7-16(22)4/h5-7,10-14H,8-9H2,1-4H3. The van der Waals surface area contributed by atoms with E-state index in [0.29, 0.717) is 12.5 Å². The van der Waals surface area contributed by atoms with Crippen LogP contribution in [0.1, 0.15) is 31.4 Å². The van der Waals surface area contributed by atoms with E-state index in [1.54, 1.807) is 6.20 Å². The van der Waals surface area contributed by atoms with Crippen molar-refractivity contribution in [3.05, 3.63) is 58.7 Å². The van der Waals surface area contributed by atoms with Gasteiger partial charge in [0.15, 0.2) is 0 Å². The van der Waals surface area contributed by atoms with Crippen LogP contribution in [0.4, 0.5) is 0 Å². The summed E-state index contributed by atoms with van der Waals surface area (Å²) in [6.07, 6.45) is 2.83. The molecule has 0 amide bonds. The lowest BCUT2D eigenvalue weighted by atomic mass is 9.95. The molecule has 0 spiro atoms. The molecule has 0 atom stereocenters. The Labute approximate surface area is 154 Å². The maximum Gasteiger partial charge on any atom is 0.138 e. The predicted octanol–water partition coefficient (Wildman–Crippen LogP) is 6.60. The number of nitrogens with zero attached hydrogens (tertiary/aromatic N) is 1. The third-order valence-electron chi connectivity index (χ3n) is 4.46. The second-order valence-electron chi connectivity index (χ2n) is 6.99. The first kappa shape index (κ1) is 17.8. The first-order chi connectivity index (χ1) is 12.0. The van der Waals surface area contributed by atoms with Crippen LogP contribution in [0.25, 0.3) is 22.0 Å². The number of hydrogen-bond acceptors (Lipinski definition) is 2. The van der Waals surface area contributed by atoms with Gasteiger partial charge in [0, 0.05) is 16.0 Å². The molecule has 0 saturated carbocycles. The van der Waals surface area contributed by atoms with E-state index in [1.165, 1.54) is 16.7 Å². The first-order valence-electron chi connectivity index (χ1n) is 8.74. The molecule has 0 aliphatic carbocycles. The van der Waals surface area contributed by atoms with Gasteiger partial charge in [0.05, 0.1) is 18.3 Å². The van der Waals surface area contributed by atoms with Gasteiger partial charge in [0.25, 0.3) is 0 Å². The molecular formula is C22H24ClNO. The van der Waals surface area contributed by atoms with Crippen LogP contribution in [-0.4, -0.2) is 11.6 Å². The van der Waals surface area contributed by atoms with E-state index >= 15 is 0 Å². The predicted molar refractivity (Wildman–Crippen MR) is 107 cm³/mol. The topological polar surface area (TPSA) is 22.1 Å². The zero-order chi connectivity index (χ0) is 18.0. The summed E-state index contributed by atoms with van der Waals surface area (Å²) in [4.78, 5) is 4.58. The monoisotopic (exact) mass is 353 g/mol. The first-order valence-corrected chi connectivity index (χ1v) is 9.12. The molecule has 0 fully saturated rings. The normalized spacial score (nSPS) is 11.3. The van der Waals surface area contributed by atoms with E-state index in [0.717, 1.165) is 33.7 Å². The largest absolute Gasteiger partial charge is 0.492 e. The van der Waals surface area contributed by atoms with Gasteiger partial charge >= 0.3 is 0 Å². The fourth-order valence-electron chi connectivity index (χ4n) is 3.05. The lowest BCUT2D eigenvalue weighted by Crippen LogP contribution is -2.01. The number of aromatic nitrogens is 1. The Kier molecular flexibility index (Phi) is 5.29. The van der Waals surface area contributed by atoms with Crippen molar-refractivity contribution in [1.29, 1.82) is 0 Å². The number of aryl methyl sites for hydroxylation is 2. The van der Waals surface area contributed by atoms with Crippen molar-refractivity contribution in [3.8, 4) is 16.9 Å². The highest BCUT2D eigenvalue weighted by Gasteiger charge is 2.12. The summed E-state index contributed by atoms with van der Waals surface area (Å²) in [6, 6.07) is 12.4. The number of ether oxygens (including phenoxy) is 1. The highest BCUT2D eigenvalue weighted by atomic mass is 35.5. The SMILES string of the molecule is Cc1cccc(C)c1-c1cc2ncc(OCCC(C)C)cc2cc1Cl. The minimum Gasteiger partial charge on any atom is -0.492 e. The Morgan fingerprint density at radius 2 is 1.80 bits per heavy atom. The van der Waals surface area contributed by atoms with E-state index in [1.807, 2.05) is 12.1 Å². The number of benzene rings is 2. The third-order valence-corrected chi connectivity index (χ3v) is 4.77. The quantitative estimate of drug-likeness (QED) is 0.515. The summed E-state index contributed by atoms with van der Waals surface area (Å²) in [6.45, 7) is 9.32. The van der Waals surface area contributed by atoms with Crippen LogP contribution in [-0.2, 0) is 0 Å². The fraction of sp³-hybridized carbons (Fsp3) is 0.318. The summed E-state index contributed by atoms with van der Waals surface area (Å²) in [7, 11) is 0. The Bertz CT molecular complexity index is 882. The summed E-state index contributed by atoms with van der Waals surface area (Å²) in [5.74, 6) is 1.42. The molecule has 0 aliphatic rings. The summed E-state index contributed by atoms with van der Waals surface area (Å²) < 4.78 is 5.81. The molecule has 0 saturated heterocycles. The molecule has 0 unspecified atom stereocenters. The summed E-state index contributed by atoms with van der Waals surface area (Å²) >= 11 is 6.61. The van der Waals surface area contributed by atoms with Crippen molar-refractivity contribution in [2.24, 2.45) is 5.92 Å². The average molecular weight is 354 g/mol. The summed E-state index contributed by atoms with van der Waals surface area (Å²) in [5, 5.41) is 1.74. The Balaban J connectivity index is 1.98. The molecule has 0 N–H and O–H groups in total. The number of halogens is 1. The number of hydrogen-bond donors (Lipinski definition) is 0. The molecule has 25 heavy (non-hydrogen) atoms. The lowest BCUT2D eigenvalue weighted by molar-refractivity contribution is 0.289. The van der Waals surface area contributed by atoms with Crippen molar-refractivity contribution in [1.82, 2.24) is 4.98 Å². The van der Waals surface area contributed by atoms with Gasteiger partial charge in [0.1, 0.15) is 5.75 Å². The third kappa shape index (κ3) is 3.96. The number of fused-ring (bicyclic) bond motifs is 1. The fourth-order valence-corrected chi connectivity index (χ4v) is 3.32. The molecule has 2 nitrogen and oxygen atoms in total. The van der Waals surface area contributed by atoms with E-state index < -0.39 is 0 Å². The molecule has 3 heteroatoms. The van der Waals surface area contributed by atoms with Crippen molar-refractivity contribution in [2.45, 2.75) is 34.1 Å². The Morgan fingerprint density at radius 3 is 2.48 bits per heavy atom. The molecular weight excluding hydrogens is 330 g/mol. The van der Waals surface area contributed by atoms with Crippen LogP contribution in [0.3, 0.4) is 0 Å². The van der Waals surface area contributed by atoms with Crippen LogP contribution in [0.2, 0.25) is 5.02 Å². The van der Waals surface area contributed by atoms with Gasteiger partial charge in [0.2, 0.25) is 0 Å². The molecule has 0 aliphatic heterocycles. The van der Waals surface area contributed by atoms with Crippen LogP contribution in [0.5, 0.6) is 5.75 Å². The Hall–Kier alpha value is -2.06. The molecule has 2 aromatic carbocycles. The van der Waals surface area contributed by atoms with E-state index in [-0.39, 0.29) is 0 Å². The maximum atomic E-state index is 6.61. The van der Waals surface area contributed by atoms with Gasteiger partial charge in [-0.2, -0.15) is 0 Å². The highest BCUT2D eigenvalue weighted by Crippen LogP contribution is 2.36. The van der Waals surface area contributed by atoms with Crippen molar-refractivity contribution in [2.75, 3.05) is 6.61 Å². The van der Waals surface area contributed by atoms with Gasteiger partial charge in [-0.05, 0) is 61.1 Å². The van der Waals surface area contributed by atoms with E-state index in [2.05, 4.69) is 56.9 Å². The van der Waals surface area contributed by atoms with Crippen LogP contribution in [0, 0.1) is 19.8 Å². The van der Waals surface area contributed by atoms with Crippen molar-refractivity contribution in [3.63, 3.8) is 0 Å². The van der Waals surface area contributed by atoms with Gasteiger partial charge in [-0.1, -0.05) is 43.6 Å². The molecule has 0 bridgehead atoms. The molecule has 130 valence electrons.